The Balaban J connectivity index is 1.61. The molecule has 0 N–H and O–H groups in total. The van der Waals surface area contributed by atoms with Crippen LogP contribution in [0.25, 0.3) is 0 Å². The van der Waals surface area contributed by atoms with Gasteiger partial charge in [-0.2, -0.15) is 0 Å². The summed E-state index contributed by atoms with van der Waals surface area (Å²) in [7, 11) is 0. The van der Waals surface area contributed by atoms with Crippen molar-refractivity contribution in [3.05, 3.63) is 70.4 Å². The van der Waals surface area contributed by atoms with Crippen LogP contribution in [-0.4, -0.2) is 47.7 Å². The van der Waals surface area contributed by atoms with Crippen LogP contribution in [0.5, 0.6) is 0 Å². The van der Waals surface area contributed by atoms with E-state index in [1.807, 2.05) is 30.1 Å². The highest BCUT2D eigenvalue weighted by Crippen LogP contribution is 2.43. The van der Waals surface area contributed by atoms with E-state index in [0.29, 0.717) is 6.42 Å². The fourth-order valence-corrected chi connectivity index (χ4v) is 5.75. The van der Waals surface area contributed by atoms with Gasteiger partial charge in [0.1, 0.15) is 0 Å². The highest BCUT2D eigenvalue weighted by atomic mass is 16.7. The van der Waals surface area contributed by atoms with Gasteiger partial charge >= 0.3 is 0 Å². The molecule has 1 fully saturated rings. The van der Waals surface area contributed by atoms with Crippen molar-refractivity contribution in [2.24, 2.45) is 5.92 Å². The molecule has 4 aliphatic rings. The molecule has 0 unspecified atom stereocenters. The van der Waals surface area contributed by atoms with E-state index in [1.165, 1.54) is 23.1 Å². The van der Waals surface area contributed by atoms with Crippen LogP contribution in [0.1, 0.15) is 79.6 Å². The molecule has 1 spiro atoms. The molecule has 1 aliphatic carbocycles. The molecule has 3 aliphatic heterocycles. The van der Waals surface area contributed by atoms with Crippen LogP contribution in [0, 0.1) is 5.92 Å². The molecule has 5 heteroatoms. The van der Waals surface area contributed by atoms with Crippen LogP contribution in [0.15, 0.2) is 70.4 Å². The van der Waals surface area contributed by atoms with E-state index < -0.39 is 5.79 Å². The van der Waals surface area contributed by atoms with Crippen LogP contribution >= 0.6 is 0 Å². The van der Waals surface area contributed by atoms with Gasteiger partial charge < -0.3 is 14.4 Å². The molecular formula is C32H43NO4. The second-order valence-corrected chi connectivity index (χ2v) is 11.4. The summed E-state index contributed by atoms with van der Waals surface area (Å²) in [4.78, 5) is 27.4. The monoisotopic (exact) mass is 505 g/mol. The number of hydrogen-bond donors (Lipinski definition) is 0. The lowest BCUT2D eigenvalue weighted by molar-refractivity contribution is -0.223. The molecule has 0 aromatic heterocycles. The van der Waals surface area contributed by atoms with Crippen molar-refractivity contribution in [1.82, 2.24) is 4.90 Å². The van der Waals surface area contributed by atoms with E-state index >= 15 is 0 Å². The molecule has 0 aromatic rings. The molecule has 37 heavy (non-hydrogen) atoms. The van der Waals surface area contributed by atoms with E-state index in [1.54, 1.807) is 6.08 Å². The second kappa shape index (κ2) is 11.9. The van der Waals surface area contributed by atoms with Gasteiger partial charge in [-0.1, -0.05) is 34.9 Å². The molecule has 3 heterocycles. The molecule has 0 bridgehead atoms. The fourth-order valence-electron chi connectivity index (χ4n) is 5.75. The molecule has 0 saturated carbocycles. The van der Waals surface area contributed by atoms with E-state index in [9.17, 15) is 9.59 Å². The van der Waals surface area contributed by atoms with Crippen molar-refractivity contribution >= 4 is 11.7 Å². The topological polar surface area (TPSA) is 55.8 Å². The SMILES string of the molecule is CC(C)=CCCC(C)=C[C@@H]1CC(C)=C[C@]2(C=C(C=CC(=O)N3CCCCC3)[C@H]3CC(=O)C(C)=C[C@H]3O2)O1. The predicted octanol–water partition coefficient (Wildman–Crippen LogP) is 6.54. The maximum Gasteiger partial charge on any atom is 0.246 e. The first kappa shape index (κ1) is 27.5. The number of hydrogen-bond acceptors (Lipinski definition) is 4. The van der Waals surface area contributed by atoms with Gasteiger partial charge in [0.05, 0.1) is 12.2 Å². The Morgan fingerprint density at radius 3 is 2.57 bits per heavy atom. The normalized spacial score (nSPS) is 30.6. The van der Waals surface area contributed by atoms with Gasteiger partial charge in [-0.25, -0.2) is 0 Å². The number of allylic oxidation sites excluding steroid dienone is 5. The lowest BCUT2D eigenvalue weighted by Crippen LogP contribution is -2.48. The summed E-state index contributed by atoms with van der Waals surface area (Å²) in [5.41, 5.74) is 5.51. The number of rotatable bonds is 6. The summed E-state index contributed by atoms with van der Waals surface area (Å²) in [6.07, 6.45) is 20.2. The summed E-state index contributed by atoms with van der Waals surface area (Å²) in [6.45, 7) is 12.0. The fraction of sp³-hybridized carbons (Fsp3) is 0.562. The molecular weight excluding hydrogens is 462 g/mol. The first-order chi connectivity index (χ1) is 17.6. The number of carbonyl (C=O) groups excluding carboxylic acids is 2. The Morgan fingerprint density at radius 1 is 1.08 bits per heavy atom. The maximum absolute atomic E-state index is 12.9. The smallest absolute Gasteiger partial charge is 0.246 e. The zero-order chi connectivity index (χ0) is 26.6. The number of nitrogens with zero attached hydrogens (tertiary/aromatic N) is 1. The van der Waals surface area contributed by atoms with Gasteiger partial charge in [0.2, 0.25) is 11.7 Å². The minimum atomic E-state index is -1.02. The number of Topliss-reactive ketones (excluding diaryl/α,β-unsaturated/α-hetero) is 1. The third-order valence-electron chi connectivity index (χ3n) is 7.73. The Hall–Kier alpha value is -2.50. The minimum absolute atomic E-state index is 0.0376. The average Bonchev–Trinajstić information content (AvgIpc) is 2.83. The zero-order valence-electron chi connectivity index (χ0n) is 23.2. The number of likely N-dealkylation sites (tertiary alicyclic amines) is 1. The summed E-state index contributed by atoms with van der Waals surface area (Å²) in [5, 5.41) is 0. The number of fused-ring (bicyclic) bond motifs is 1. The predicted molar refractivity (Wildman–Crippen MR) is 148 cm³/mol. The largest absolute Gasteiger partial charge is 0.339 e. The number of piperidine rings is 1. The summed E-state index contributed by atoms with van der Waals surface area (Å²) in [5.74, 6) is -0.969. The van der Waals surface area contributed by atoms with Crippen molar-refractivity contribution in [2.45, 2.75) is 97.6 Å². The molecule has 200 valence electrons. The number of ether oxygens (including phenoxy) is 2. The average molecular weight is 506 g/mol. The lowest BCUT2D eigenvalue weighted by Gasteiger charge is -2.45. The van der Waals surface area contributed by atoms with Gasteiger partial charge in [0.25, 0.3) is 0 Å². The van der Waals surface area contributed by atoms with E-state index in [-0.39, 0.29) is 29.8 Å². The van der Waals surface area contributed by atoms with Crippen LogP contribution in [0.4, 0.5) is 0 Å². The Bertz CT molecular complexity index is 1080. The second-order valence-electron chi connectivity index (χ2n) is 11.4. The first-order valence-corrected chi connectivity index (χ1v) is 13.9. The third kappa shape index (κ3) is 7.08. The van der Waals surface area contributed by atoms with Crippen molar-refractivity contribution in [3.63, 3.8) is 0 Å². The molecule has 0 aromatic carbocycles. The zero-order valence-corrected chi connectivity index (χ0v) is 23.2. The van der Waals surface area contributed by atoms with E-state index in [2.05, 4.69) is 45.9 Å². The van der Waals surface area contributed by atoms with Crippen molar-refractivity contribution < 1.29 is 19.1 Å². The van der Waals surface area contributed by atoms with Crippen LogP contribution in [-0.2, 0) is 19.1 Å². The molecule has 5 nitrogen and oxygen atoms in total. The van der Waals surface area contributed by atoms with Gasteiger partial charge in [-0.3, -0.25) is 9.59 Å². The maximum atomic E-state index is 12.9. The van der Waals surface area contributed by atoms with Gasteiger partial charge in [-0.15, -0.1) is 0 Å². The van der Waals surface area contributed by atoms with Crippen molar-refractivity contribution in [2.75, 3.05) is 13.1 Å². The lowest BCUT2D eigenvalue weighted by atomic mass is 9.78. The molecule has 0 radical (unpaired) electrons. The highest BCUT2D eigenvalue weighted by Gasteiger charge is 2.45. The molecule has 4 rings (SSSR count). The molecule has 1 saturated heterocycles. The van der Waals surface area contributed by atoms with Crippen LogP contribution in [0.2, 0.25) is 0 Å². The number of amides is 1. The van der Waals surface area contributed by atoms with Gasteiger partial charge in [-0.05, 0) is 103 Å². The number of ketones is 1. The van der Waals surface area contributed by atoms with Crippen molar-refractivity contribution in [3.8, 4) is 0 Å². The van der Waals surface area contributed by atoms with Gasteiger partial charge in [0.15, 0.2) is 5.78 Å². The summed E-state index contributed by atoms with van der Waals surface area (Å²) in [6, 6.07) is 0. The van der Waals surface area contributed by atoms with Gasteiger partial charge in [0, 0.05) is 31.5 Å². The Labute approximate surface area is 222 Å². The van der Waals surface area contributed by atoms with Crippen molar-refractivity contribution in [1.29, 1.82) is 0 Å². The van der Waals surface area contributed by atoms with E-state index in [0.717, 1.165) is 56.3 Å². The van der Waals surface area contributed by atoms with Crippen LogP contribution in [0.3, 0.4) is 0 Å². The molecule has 1 amide bonds. The Kier molecular flexibility index (Phi) is 8.86. The number of carbonyl (C=O) groups is 2. The summed E-state index contributed by atoms with van der Waals surface area (Å²) < 4.78 is 13.3. The highest BCUT2D eigenvalue weighted by molar-refractivity contribution is 5.96. The summed E-state index contributed by atoms with van der Waals surface area (Å²) >= 11 is 0. The Morgan fingerprint density at radius 2 is 1.84 bits per heavy atom. The van der Waals surface area contributed by atoms with Crippen LogP contribution < -0.4 is 0 Å². The molecule has 4 atom stereocenters. The van der Waals surface area contributed by atoms with E-state index in [4.69, 9.17) is 9.47 Å². The minimum Gasteiger partial charge on any atom is -0.339 e. The first-order valence-electron chi connectivity index (χ1n) is 13.9. The third-order valence-corrected chi connectivity index (χ3v) is 7.73. The standard InChI is InChI=1S/C32H43NO4/c1-22(2)10-9-11-23(3)16-27-17-24(4)20-32(36-27)21-26(12-13-31(35)33-14-7-6-8-15-33)28-19-29(34)25(5)18-30(28)37-32/h10,12-13,16,18,20-21,27-28,30H,6-9,11,14-15,17,19H2,1-5H3/t27-,28-,30-,32+/m1/s1. The quantitative estimate of drug-likeness (QED) is 0.304.